The van der Waals surface area contributed by atoms with Crippen LogP contribution in [0.2, 0.25) is 0 Å². The van der Waals surface area contributed by atoms with E-state index in [1.54, 1.807) is 0 Å². The first-order chi connectivity index (χ1) is 7.48. The Morgan fingerprint density at radius 2 is 1.94 bits per heavy atom. The molecule has 0 unspecified atom stereocenters. The van der Waals surface area contributed by atoms with E-state index in [1.165, 1.54) is 0 Å². The molecule has 0 saturated carbocycles. The summed E-state index contributed by atoms with van der Waals surface area (Å²) in [6.07, 6.45) is 3.22. The van der Waals surface area contributed by atoms with Gasteiger partial charge < -0.3 is 4.74 Å². The number of hydrogen-bond acceptors (Lipinski definition) is 3. The van der Waals surface area contributed by atoms with Crippen molar-refractivity contribution in [3.63, 3.8) is 0 Å². The van der Waals surface area contributed by atoms with Gasteiger partial charge in [-0.15, -0.1) is 0 Å². The van der Waals surface area contributed by atoms with E-state index < -0.39 is 10.0 Å². The van der Waals surface area contributed by atoms with E-state index in [0.29, 0.717) is 6.54 Å². The summed E-state index contributed by atoms with van der Waals surface area (Å²) >= 11 is 2.32. The van der Waals surface area contributed by atoms with Crippen molar-refractivity contribution in [2.45, 2.75) is 39.2 Å². The van der Waals surface area contributed by atoms with E-state index in [-0.39, 0.29) is 18.5 Å². The van der Waals surface area contributed by atoms with E-state index in [1.807, 2.05) is 13.8 Å². The second kappa shape index (κ2) is 9.61. The van der Waals surface area contributed by atoms with Crippen molar-refractivity contribution in [1.82, 2.24) is 4.72 Å². The van der Waals surface area contributed by atoms with Crippen LogP contribution in [0.5, 0.6) is 0 Å². The number of ether oxygens (including phenoxy) is 1. The lowest BCUT2D eigenvalue weighted by molar-refractivity contribution is 0.0911. The minimum absolute atomic E-state index is 0.0530. The SMILES string of the molecule is CC(C)OCCS(=O)(=O)NCCCCCI. The van der Waals surface area contributed by atoms with Gasteiger partial charge in [0.25, 0.3) is 0 Å². The Hall–Kier alpha value is 0.600. The number of nitrogens with one attached hydrogen (secondary N) is 1. The van der Waals surface area contributed by atoms with Gasteiger partial charge in [0.1, 0.15) is 0 Å². The van der Waals surface area contributed by atoms with Gasteiger partial charge in [-0.3, -0.25) is 0 Å². The molecule has 0 amide bonds. The molecule has 0 rings (SSSR count). The number of unbranched alkanes of at least 4 members (excludes halogenated alkanes) is 2. The third-order valence-corrected chi connectivity index (χ3v) is 4.05. The molecule has 0 bridgehead atoms. The molecule has 0 saturated heterocycles. The summed E-state index contributed by atoms with van der Waals surface area (Å²) in [6.45, 7) is 4.59. The van der Waals surface area contributed by atoms with Crippen LogP contribution in [0.25, 0.3) is 0 Å². The smallest absolute Gasteiger partial charge is 0.213 e. The fraction of sp³-hybridized carbons (Fsp3) is 1.00. The standard InChI is InChI=1S/C10H22INO3S/c1-10(2)15-8-9-16(13,14)12-7-5-3-4-6-11/h10,12H,3-9H2,1-2H3. The average molecular weight is 363 g/mol. The number of hydrogen-bond donors (Lipinski definition) is 1. The van der Waals surface area contributed by atoms with Crippen molar-refractivity contribution in [2.24, 2.45) is 0 Å². The van der Waals surface area contributed by atoms with E-state index in [9.17, 15) is 8.42 Å². The molecule has 98 valence electrons. The van der Waals surface area contributed by atoms with Gasteiger partial charge in [0, 0.05) is 6.54 Å². The maximum atomic E-state index is 11.5. The van der Waals surface area contributed by atoms with Crippen molar-refractivity contribution in [3.05, 3.63) is 0 Å². The second-order valence-electron chi connectivity index (χ2n) is 3.88. The fourth-order valence-electron chi connectivity index (χ4n) is 1.09. The maximum absolute atomic E-state index is 11.5. The highest BCUT2D eigenvalue weighted by Gasteiger charge is 2.09. The zero-order valence-electron chi connectivity index (χ0n) is 10.0. The van der Waals surface area contributed by atoms with Crippen molar-refractivity contribution in [1.29, 1.82) is 0 Å². The predicted octanol–water partition coefficient (Wildman–Crippen LogP) is 1.94. The fourth-order valence-corrected chi connectivity index (χ4v) is 2.54. The summed E-state index contributed by atoms with van der Waals surface area (Å²) in [5, 5.41) is 0. The Morgan fingerprint density at radius 1 is 1.25 bits per heavy atom. The van der Waals surface area contributed by atoms with Crippen LogP contribution >= 0.6 is 22.6 Å². The molecule has 0 fully saturated rings. The van der Waals surface area contributed by atoms with Crippen LogP contribution in [-0.4, -0.2) is 37.9 Å². The first-order valence-electron chi connectivity index (χ1n) is 5.63. The van der Waals surface area contributed by atoms with Gasteiger partial charge in [-0.1, -0.05) is 29.0 Å². The first kappa shape index (κ1) is 16.6. The number of alkyl halides is 1. The Labute approximate surface area is 113 Å². The van der Waals surface area contributed by atoms with Crippen molar-refractivity contribution >= 4 is 32.6 Å². The zero-order chi connectivity index (χ0) is 12.4. The highest BCUT2D eigenvalue weighted by atomic mass is 127. The Morgan fingerprint density at radius 3 is 2.50 bits per heavy atom. The topological polar surface area (TPSA) is 55.4 Å². The van der Waals surface area contributed by atoms with Crippen LogP contribution in [0.15, 0.2) is 0 Å². The summed E-state index contributed by atoms with van der Waals surface area (Å²) in [4.78, 5) is 0. The molecule has 0 aromatic carbocycles. The molecule has 16 heavy (non-hydrogen) atoms. The average Bonchev–Trinajstić information content (AvgIpc) is 2.16. The molecule has 0 radical (unpaired) electrons. The Kier molecular flexibility index (Phi) is 9.97. The predicted molar refractivity (Wildman–Crippen MR) is 75.6 cm³/mol. The molecule has 0 spiro atoms. The van der Waals surface area contributed by atoms with Crippen LogP contribution < -0.4 is 4.72 Å². The van der Waals surface area contributed by atoms with Gasteiger partial charge in [-0.2, -0.15) is 0 Å². The van der Waals surface area contributed by atoms with Crippen molar-refractivity contribution < 1.29 is 13.2 Å². The van der Waals surface area contributed by atoms with E-state index in [0.717, 1.165) is 23.7 Å². The Bertz CT molecular complexity index is 255. The third-order valence-electron chi connectivity index (χ3n) is 1.94. The number of halogens is 1. The highest BCUT2D eigenvalue weighted by molar-refractivity contribution is 14.1. The quantitative estimate of drug-likeness (QED) is 0.367. The van der Waals surface area contributed by atoms with Crippen LogP contribution in [0, 0.1) is 0 Å². The summed E-state index contributed by atoms with van der Waals surface area (Å²) in [6, 6.07) is 0. The molecular formula is C10H22INO3S. The van der Waals surface area contributed by atoms with E-state index in [4.69, 9.17) is 4.74 Å². The molecular weight excluding hydrogens is 341 g/mol. The highest BCUT2D eigenvalue weighted by Crippen LogP contribution is 1.98. The van der Waals surface area contributed by atoms with Crippen LogP contribution in [-0.2, 0) is 14.8 Å². The van der Waals surface area contributed by atoms with Gasteiger partial charge in [0.2, 0.25) is 10.0 Å². The molecule has 0 aromatic rings. The molecule has 0 aromatic heterocycles. The largest absolute Gasteiger partial charge is 0.378 e. The third kappa shape index (κ3) is 11.1. The monoisotopic (exact) mass is 363 g/mol. The summed E-state index contributed by atoms with van der Waals surface area (Å²) in [5.74, 6) is 0.0530. The summed E-state index contributed by atoms with van der Waals surface area (Å²) in [7, 11) is -3.14. The Balaban J connectivity index is 3.55. The first-order valence-corrected chi connectivity index (χ1v) is 8.80. The van der Waals surface area contributed by atoms with Crippen molar-refractivity contribution in [3.8, 4) is 0 Å². The van der Waals surface area contributed by atoms with Gasteiger partial charge in [-0.05, 0) is 31.1 Å². The normalized spacial score (nSPS) is 12.2. The molecule has 0 aliphatic rings. The second-order valence-corrected chi connectivity index (χ2v) is 6.89. The molecule has 4 nitrogen and oxygen atoms in total. The van der Waals surface area contributed by atoms with Gasteiger partial charge in [0.05, 0.1) is 18.5 Å². The number of sulfonamides is 1. The molecule has 1 N–H and O–H groups in total. The molecule has 0 aliphatic heterocycles. The minimum Gasteiger partial charge on any atom is -0.378 e. The van der Waals surface area contributed by atoms with Gasteiger partial charge in [0.15, 0.2) is 0 Å². The van der Waals surface area contributed by atoms with Gasteiger partial charge >= 0.3 is 0 Å². The maximum Gasteiger partial charge on any atom is 0.213 e. The molecule has 0 heterocycles. The van der Waals surface area contributed by atoms with E-state index in [2.05, 4.69) is 27.3 Å². The lowest BCUT2D eigenvalue weighted by atomic mass is 10.3. The zero-order valence-corrected chi connectivity index (χ0v) is 13.0. The summed E-state index contributed by atoms with van der Waals surface area (Å²) in [5.41, 5.74) is 0. The molecule has 0 atom stereocenters. The lowest BCUT2D eigenvalue weighted by Crippen LogP contribution is -2.29. The van der Waals surface area contributed by atoms with Crippen LogP contribution in [0.3, 0.4) is 0 Å². The van der Waals surface area contributed by atoms with Crippen molar-refractivity contribution in [2.75, 3.05) is 23.3 Å². The van der Waals surface area contributed by atoms with Crippen LogP contribution in [0.4, 0.5) is 0 Å². The lowest BCUT2D eigenvalue weighted by Gasteiger charge is -2.09. The minimum atomic E-state index is -3.14. The molecule has 6 heteroatoms. The van der Waals surface area contributed by atoms with Crippen LogP contribution in [0.1, 0.15) is 33.1 Å². The summed E-state index contributed by atoms with van der Waals surface area (Å²) < 4.78 is 31.8. The van der Waals surface area contributed by atoms with Gasteiger partial charge in [-0.25, -0.2) is 13.1 Å². The number of rotatable bonds is 10. The van der Waals surface area contributed by atoms with E-state index >= 15 is 0 Å². The molecule has 0 aliphatic carbocycles.